The van der Waals surface area contributed by atoms with Crippen molar-refractivity contribution < 1.29 is 22.7 Å². The average molecular weight is 417 g/mol. The monoisotopic (exact) mass is 417 g/mol. The third-order valence-corrected chi connectivity index (χ3v) is 7.50. The Hall–Kier alpha value is -2.65. The summed E-state index contributed by atoms with van der Waals surface area (Å²) in [6.07, 6.45) is 3.24. The molecule has 0 saturated carbocycles. The van der Waals surface area contributed by atoms with Crippen molar-refractivity contribution in [1.82, 2.24) is 8.87 Å². The molecular formula is C20H23N3O5S. The number of para-hydroxylation sites is 1. The van der Waals surface area contributed by atoms with Crippen LogP contribution in [0, 0.1) is 0 Å². The van der Waals surface area contributed by atoms with Crippen LogP contribution in [-0.2, 0) is 33.0 Å². The van der Waals surface area contributed by atoms with Crippen LogP contribution < -0.4 is 4.90 Å². The predicted molar refractivity (Wildman–Crippen MR) is 106 cm³/mol. The van der Waals surface area contributed by atoms with Crippen LogP contribution in [0.5, 0.6) is 0 Å². The SMILES string of the molecule is COC(=O)c1cc(S(=O)(=O)N2CCCC2C(=O)N2CCc3ccccc32)cn1C. The molecule has 4 rings (SSSR count). The van der Waals surface area contributed by atoms with Crippen LogP contribution in [0.15, 0.2) is 41.4 Å². The highest BCUT2D eigenvalue weighted by atomic mass is 32.2. The molecule has 1 aromatic carbocycles. The van der Waals surface area contributed by atoms with Gasteiger partial charge in [-0.25, -0.2) is 13.2 Å². The van der Waals surface area contributed by atoms with Crippen molar-refractivity contribution in [1.29, 1.82) is 0 Å². The van der Waals surface area contributed by atoms with Gasteiger partial charge in [-0.15, -0.1) is 0 Å². The first-order chi connectivity index (χ1) is 13.8. The number of hydrogen-bond donors (Lipinski definition) is 0. The molecule has 1 fully saturated rings. The van der Waals surface area contributed by atoms with Gasteiger partial charge in [0.1, 0.15) is 16.6 Å². The first-order valence-corrected chi connectivity index (χ1v) is 10.9. The number of carbonyl (C=O) groups is 2. The van der Waals surface area contributed by atoms with Crippen molar-refractivity contribution in [3.05, 3.63) is 47.8 Å². The van der Waals surface area contributed by atoms with Gasteiger partial charge in [0.15, 0.2) is 0 Å². The Morgan fingerprint density at radius 1 is 1.17 bits per heavy atom. The molecule has 0 spiro atoms. The summed E-state index contributed by atoms with van der Waals surface area (Å²) in [5.74, 6) is -0.809. The van der Waals surface area contributed by atoms with E-state index in [-0.39, 0.29) is 23.0 Å². The summed E-state index contributed by atoms with van der Waals surface area (Å²) < 4.78 is 33.9. The zero-order chi connectivity index (χ0) is 20.8. The van der Waals surface area contributed by atoms with Crippen molar-refractivity contribution in [2.75, 3.05) is 25.1 Å². The van der Waals surface area contributed by atoms with Crippen LogP contribution >= 0.6 is 0 Å². The number of aromatic nitrogens is 1. The number of rotatable bonds is 4. The molecule has 29 heavy (non-hydrogen) atoms. The lowest BCUT2D eigenvalue weighted by Crippen LogP contribution is -2.47. The number of carbonyl (C=O) groups excluding carboxylic acids is 2. The maximum absolute atomic E-state index is 13.3. The number of aryl methyl sites for hydroxylation is 1. The minimum Gasteiger partial charge on any atom is -0.464 e. The molecule has 2 aromatic rings. The number of fused-ring (bicyclic) bond motifs is 1. The van der Waals surface area contributed by atoms with Gasteiger partial charge in [-0.3, -0.25) is 4.79 Å². The number of benzene rings is 1. The zero-order valence-corrected chi connectivity index (χ0v) is 17.2. The maximum Gasteiger partial charge on any atom is 0.354 e. The smallest absolute Gasteiger partial charge is 0.354 e. The summed E-state index contributed by atoms with van der Waals surface area (Å²) in [7, 11) is -1.10. The fraction of sp³-hybridized carbons (Fsp3) is 0.400. The highest BCUT2D eigenvalue weighted by Crippen LogP contribution is 2.33. The highest BCUT2D eigenvalue weighted by Gasteiger charge is 2.43. The Kier molecular flexibility index (Phi) is 4.95. The van der Waals surface area contributed by atoms with Crippen molar-refractivity contribution in [2.24, 2.45) is 7.05 Å². The van der Waals surface area contributed by atoms with E-state index >= 15 is 0 Å². The normalized spacial score (nSPS) is 19.4. The van der Waals surface area contributed by atoms with E-state index in [2.05, 4.69) is 0 Å². The van der Waals surface area contributed by atoms with Gasteiger partial charge in [0, 0.05) is 32.0 Å². The number of ether oxygens (including phenoxy) is 1. The third kappa shape index (κ3) is 3.24. The molecule has 0 radical (unpaired) electrons. The molecule has 1 atom stereocenters. The Morgan fingerprint density at radius 2 is 1.93 bits per heavy atom. The molecule has 154 valence electrons. The molecule has 0 bridgehead atoms. The van der Waals surface area contributed by atoms with E-state index in [0.717, 1.165) is 17.7 Å². The lowest BCUT2D eigenvalue weighted by Gasteiger charge is -2.27. The Morgan fingerprint density at radius 3 is 2.69 bits per heavy atom. The quantitative estimate of drug-likeness (QED) is 0.705. The number of sulfonamides is 1. The fourth-order valence-corrected chi connectivity index (χ4v) is 5.86. The molecule has 8 nitrogen and oxygen atoms in total. The fourth-order valence-electron chi connectivity index (χ4n) is 4.14. The van der Waals surface area contributed by atoms with Gasteiger partial charge >= 0.3 is 5.97 Å². The number of hydrogen-bond acceptors (Lipinski definition) is 5. The van der Waals surface area contributed by atoms with E-state index in [9.17, 15) is 18.0 Å². The predicted octanol–water partition coefficient (Wildman–Crippen LogP) is 1.55. The van der Waals surface area contributed by atoms with Gasteiger partial charge in [0.25, 0.3) is 0 Å². The molecule has 1 unspecified atom stereocenters. The third-order valence-electron chi connectivity index (χ3n) is 5.62. The second-order valence-electron chi connectivity index (χ2n) is 7.31. The van der Waals surface area contributed by atoms with Crippen molar-refractivity contribution in [3.8, 4) is 0 Å². The number of amides is 1. The zero-order valence-electron chi connectivity index (χ0n) is 16.4. The highest BCUT2D eigenvalue weighted by molar-refractivity contribution is 7.89. The van der Waals surface area contributed by atoms with E-state index in [1.165, 1.54) is 28.2 Å². The average Bonchev–Trinajstić information content (AvgIpc) is 3.44. The summed E-state index contributed by atoms with van der Waals surface area (Å²) in [5.41, 5.74) is 2.09. The second-order valence-corrected chi connectivity index (χ2v) is 9.20. The summed E-state index contributed by atoms with van der Waals surface area (Å²) in [5, 5.41) is 0. The molecule has 2 aliphatic heterocycles. The van der Waals surface area contributed by atoms with Gasteiger partial charge in [-0.1, -0.05) is 18.2 Å². The van der Waals surface area contributed by atoms with Crippen LogP contribution in [0.2, 0.25) is 0 Å². The minimum atomic E-state index is -3.93. The maximum atomic E-state index is 13.3. The van der Waals surface area contributed by atoms with Gasteiger partial charge in [0.2, 0.25) is 15.9 Å². The number of anilines is 1. The lowest BCUT2D eigenvalue weighted by molar-refractivity contribution is -0.121. The van der Waals surface area contributed by atoms with Crippen molar-refractivity contribution >= 4 is 27.6 Å². The molecule has 0 N–H and O–H groups in total. The molecule has 9 heteroatoms. The Balaban J connectivity index is 1.63. The summed E-state index contributed by atoms with van der Waals surface area (Å²) >= 11 is 0. The van der Waals surface area contributed by atoms with Crippen LogP contribution in [0.25, 0.3) is 0 Å². The van der Waals surface area contributed by atoms with Gasteiger partial charge < -0.3 is 14.2 Å². The molecule has 1 aromatic heterocycles. The van der Waals surface area contributed by atoms with Gasteiger partial charge in [-0.2, -0.15) is 4.31 Å². The van der Waals surface area contributed by atoms with Crippen LogP contribution in [0.4, 0.5) is 5.69 Å². The van der Waals surface area contributed by atoms with Gasteiger partial charge in [-0.05, 0) is 37.0 Å². The molecular weight excluding hydrogens is 394 g/mol. The largest absolute Gasteiger partial charge is 0.464 e. The van der Waals surface area contributed by atoms with Crippen LogP contribution in [-0.4, -0.2) is 55.4 Å². The number of methoxy groups -OCH3 is 1. The standard InChI is InChI=1S/C20H23N3O5S/c1-21-13-15(12-18(21)20(25)28-2)29(26,27)23-10-5-8-17(23)19(24)22-11-9-14-6-3-4-7-16(14)22/h3-4,6-7,12-13,17H,5,8-11H2,1-2H3. The van der Waals surface area contributed by atoms with E-state index in [1.807, 2.05) is 24.3 Å². The first kappa shape index (κ1) is 19.7. The second kappa shape index (κ2) is 7.31. The molecule has 1 saturated heterocycles. The molecule has 2 aliphatic rings. The van der Waals surface area contributed by atoms with Crippen LogP contribution in [0.1, 0.15) is 28.9 Å². The summed E-state index contributed by atoms with van der Waals surface area (Å²) in [6, 6.07) is 8.26. The van der Waals surface area contributed by atoms with Gasteiger partial charge in [0.05, 0.1) is 7.11 Å². The molecule has 3 heterocycles. The van der Waals surface area contributed by atoms with Crippen molar-refractivity contribution in [2.45, 2.75) is 30.2 Å². The van der Waals surface area contributed by atoms with Crippen LogP contribution in [0.3, 0.4) is 0 Å². The number of esters is 1. The van der Waals surface area contributed by atoms with E-state index < -0.39 is 22.0 Å². The lowest BCUT2D eigenvalue weighted by atomic mass is 10.1. The first-order valence-electron chi connectivity index (χ1n) is 9.50. The van der Waals surface area contributed by atoms with E-state index in [0.29, 0.717) is 19.4 Å². The topological polar surface area (TPSA) is 88.9 Å². The Labute approximate surface area is 169 Å². The number of nitrogens with zero attached hydrogens (tertiary/aromatic N) is 3. The summed E-state index contributed by atoms with van der Waals surface area (Å²) in [6.45, 7) is 0.830. The molecule has 1 amide bonds. The van der Waals surface area contributed by atoms with E-state index in [1.54, 1.807) is 11.9 Å². The summed E-state index contributed by atoms with van der Waals surface area (Å²) in [4.78, 5) is 26.8. The van der Waals surface area contributed by atoms with Crippen molar-refractivity contribution in [3.63, 3.8) is 0 Å². The minimum absolute atomic E-state index is 0.0121. The molecule has 0 aliphatic carbocycles. The Bertz CT molecular complexity index is 1080. The van der Waals surface area contributed by atoms with E-state index in [4.69, 9.17) is 4.74 Å².